The lowest BCUT2D eigenvalue weighted by molar-refractivity contribution is -0.121. The maximum atomic E-state index is 13.5. The van der Waals surface area contributed by atoms with Gasteiger partial charge in [-0.1, -0.05) is 80.2 Å². The molecular weight excluding hydrogens is 602 g/mol. The second-order valence-corrected chi connectivity index (χ2v) is 11.9. The number of carbonyl (C=O) groups excluding carboxylic acids is 4. The normalized spacial score (nSPS) is 14.2. The number of nitrogen functional groups attached to an aromatic ring is 1. The van der Waals surface area contributed by atoms with Crippen LogP contribution in [0.25, 0.3) is 11.1 Å². The minimum Gasteiger partial charge on any atom is -0.454 e. The monoisotopic (exact) mass is 629 g/mol. The highest BCUT2D eigenvalue weighted by atomic mass is 32.2. The van der Waals surface area contributed by atoms with Crippen LogP contribution < -0.4 is 10.6 Å². The Bertz CT molecular complexity index is 1930. The number of carbonyl (C=O) groups is 4. The first kappa shape index (κ1) is 31.6. The molecule has 228 valence electrons. The SMILES string of the molecule is CC(C)c1ccc(-c2c(C#N)c(N)nc(SC3CC(=O)N(c4ccc(C(=O)OCC(=O)c5ccccc5)cc4)C3=O)c2C#N)cc1. The number of benzene rings is 3. The Labute approximate surface area is 269 Å². The second-order valence-electron chi connectivity index (χ2n) is 10.7. The highest BCUT2D eigenvalue weighted by molar-refractivity contribution is 8.00. The van der Waals surface area contributed by atoms with Gasteiger partial charge in [-0.2, -0.15) is 10.5 Å². The van der Waals surface area contributed by atoms with Crippen LogP contribution in [0.5, 0.6) is 0 Å². The Balaban J connectivity index is 1.34. The molecule has 1 saturated heterocycles. The van der Waals surface area contributed by atoms with Crippen molar-refractivity contribution in [2.24, 2.45) is 0 Å². The van der Waals surface area contributed by atoms with Crippen LogP contribution in [0, 0.1) is 22.7 Å². The summed E-state index contributed by atoms with van der Waals surface area (Å²) in [6.07, 6.45) is -0.167. The van der Waals surface area contributed by atoms with Gasteiger partial charge in [0.2, 0.25) is 11.8 Å². The van der Waals surface area contributed by atoms with Crippen molar-refractivity contribution >= 4 is 46.8 Å². The van der Waals surface area contributed by atoms with Gasteiger partial charge >= 0.3 is 5.97 Å². The number of thioether (sulfide) groups is 1. The summed E-state index contributed by atoms with van der Waals surface area (Å²) in [5, 5.41) is 19.2. The number of ketones is 1. The summed E-state index contributed by atoms with van der Waals surface area (Å²) < 4.78 is 5.14. The number of esters is 1. The number of anilines is 2. The van der Waals surface area contributed by atoms with Crippen molar-refractivity contribution in [3.05, 3.63) is 107 Å². The van der Waals surface area contributed by atoms with E-state index in [1.807, 2.05) is 30.3 Å². The molecule has 4 aromatic rings. The Morgan fingerprint density at radius 2 is 1.61 bits per heavy atom. The predicted octanol–water partition coefficient (Wildman–Crippen LogP) is 5.66. The summed E-state index contributed by atoms with van der Waals surface area (Å²) in [5.41, 5.74) is 9.09. The molecule has 0 bridgehead atoms. The molecule has 1 aromatic heterocycles. The topological polar surface area (TPSA) is 167 Å². The third-order valence-corrected chi connectivity index (χ3v) is 8.60. The zero-order valence-electron chi connectivity index (χ0n) is 24.9. The highest BCUT2D eigenvalue weighted by Crippen LogP contribution is 2.40. The molecule has 11 heteroatoms. The molecule has 10 nitrogen and oxygen atoms in total. The first-order valence-electron chi connectivity index (χ1n) is 14.3. The van der Waals surface area contributed by atoms with Crippen molar-refractivity contribution in [2.75, 3.05) is 17.2 Å². The van der Waals surface area contributed by atoms with Gasteiger partial charge in [0.25, 0.3) is 0 Å². The number of nitriles is 2. The number of ether oxygens (including phenoxy) is 1. The Morgan fingerprint density at radius 1 is 0.957 bits per heavy atom. The fourth-order valence-corrected chi connectivity index (χ4v) is 6.10. The maximum Gasteiger partial charge on any atom is 0.338 e. The van der Waals surface area contributed by atoms with Crippen LogP contribution in [0.2, 0.25) is 0 Å². The quantitative estimate of drug-likeness (QED) is 0.139. The number of amides is 2. The molecule has 2 heterocycles. The average Bonchev–Trinajstić information content (AvgIpc) is 3.35. The van der Waals surface area contributed by atoms with E-state index < -0.39 is 29.6 Å². The van der Waals surface area contributed by atoms with Crippen molar-refractivity contribution in [3.8, 4) is 23.3 Å². The van der Waals surface area contributed by atoms with Gasteiger partial charge in [-0.05, 0) is 41.3 Å². The predicted molar refractivity (Wildman–Crippen MR) is 172 cm³/mol. The number of imide groups is 1. The largest absolute Gasteiger partial charge is 0.454 e. The molecule has 0 saturated carbocycles. The number of aromatic nitrogens is 1. The molecule has 0 aliphatic carbocycles. The molecule has 1 unspecified atom stereocenters. The van der Waals surface area contributed by atoms with E-state index in [4.69, 9.17) is 10.5 Å². The molecule has 0 spiro atoms. The third kappa shape index (κ3) is 6.36. The Morgan fingerprint density at radius 3 is 2.22 bits per heavy atom. The molecule has 3 aromatic carbocycles. The third-order valence-electron chi connectivity index (χ3n) is 7.43. The number of pyridine rings is 1. The smallest absolute Gasteiger partial charge is 0.338 e. The van der Waals surface area contributed by atoms with Crippen molar-refractivity contribution in [2.45, 2.75) is 36.5 Å². The van der Waals surface area contributed by atoms with E-state index in [0.717, 1.165) is 22.2 Å². The number of hydrogen-bond acceptors (Lipinski definition) is 10. The summed E-state index contributed by atoms with van der Waals surface area (Å²) in [7, 11) is 0. The molecule has 1 fully saturated rings. The van der Waals surface area contributed by atoms with Gasteiger partial charge in [-0.25, -0.2) is 14.7 Å². The van der Waals surface area contributed by atoms with Gasteiger partial charge in [0, 0.05) is 17.5 Å². The fourth-order valence-electron chi connectivity index (χ4n) is 4.98. The first-order valence-corrected chi connectivity index (χ1v) is 15.1. The molecule has 1 aliphatic heterocycles. The zero-order chi connectivity index (χ0) is 33.0. The van der Waals surface area contributed by atoms with Gasteiger partial charge in [0.15, 0.2) is 12.4 Å². The van der Waals surface area contributed by atoms with Crippen LogP contribution in [0.15, 0.2) is 83.9 Å². The van der Waals surface area contributed by atoms with Gasteiger partial charge in [-0.3, -0.25) is 14.4 Å². The lowest BCUT2D eigenvalue weighted by Crippen LogP contribution is -2.31. The standard InChI is InChI=1S/C35H27N5O5S/c1-20(2)21-8-10-23(11-9-21)31-26(17-36)32(38)39-33(27(31)18-37)46-29-16-30(42)40(34(29)43)25-14-12-24(13-15-25)35(44)45-19-28(41)22-6-4-3-5-7-22/h3-15,20,29H,16,19H2,1-2H3,(H2,38,39). The highest BCUT2D eigenvalue weighted by Gasteiger charge is 2.41. The molecule has 2 amide bonds. The van der Waals surface area contributed by atoms with E-state index in [9.17, 15) is 29.7 Å². The van der Waals surface area contributed by atoms with Crippen molar-refractivity contribution in [3.63, 3.8) is 0 Å². The lowest BCUT2D eigenvalue weighted by atomic mass is 9.94. The van der Waals surface area contributed by atoms with E-state index in [1.54, 1.807) is 30.3 Å². The van der Waals surface area contributed by atoms with E-state index in [2.05, 4.69) is 24.9 Å². The van der Waals surface area contributed by atoms with Crippen LogP contribution in [0.1, 0.15) is 63.6 Å². The van der Waals surface area contributed by atoms with Crippen molar-refractivity contribution < 1.29 is 23.9 Å². The number of Topliss-reactive ketones (excluding diaryl/α,β-unsaturated/α-hetero) is 1. The number of nitrogens with two attached hydrogens (primary N) is 1. The van der Waals surface area contributed by atoms with Gasteiger partial charge < -0.3 is 10.5 Å². The molecule has 46 heavy (non-hydrogen) atoms. The van der Waals surface area contributed by atoms with Gasteiger partial charge in [-0.15, -0.1) is 0 Å². The average molecular weight is 630 g/mol. The van der Waals surface area contributed by atoms with E-state index in [0.29, 0.717) is 16.7 Å². The number of rotatable bonds is 9. The number of nitrogens with zero attached hydrogens (tertiary/aromatic N) is 4. The molecule has 5 rings (SSSR count). The van der Waals surface area contributed by atoms with Crippen LogP contribution in [0.3, 0.4) is 0 Å². The fraction of sp³-hybridized carbons (Fsp3) is 0.171. The van der Waals surface area contributed by atoms with E-state index in [1.165, 1.54) is 24.3 Å². The van der Waals surface area contributed by atoms with Crippen LogP contribution >= 0.6 is 11.8 Å². The van der Waals surface area contributed by atoms with Gasteiger partial charge in [0.05, 0.1) is 22.1 Å². The van der Waals surface area contributed by atoms with E-state index >= 15 is 0 Å². The Kier molecular flexibility index (Phi) is 9.26. The van der Waals surface area contributed by atoms with Gasteiger partial charge in [0.1, 0.15) is 28.5 Å². The summed E-state index contributed by atoms with van der Waals surface area (Å²) >= 11 is 0.937. The van der Waals surface area contributed by atoms with Crippen LogP contribution in [-0.4, -0.2) is 40.4 Å². The molecular formula is C35H27N5O5S. The molecule has 2 N–H and O–H groups in total. The lowest BCUT2D eigenvalue weighted by Gasteiger charge is -2.17. The molecule has 1 atom stereocenters. The van der Waals surface area contributed by atoms with Crippen LogP contribution in [0.4, 0.5) is 11.5 Å². The van der Waals surface area contributed by atoms with E-state index in [-0.39, 0.29) is 51.3 Å². The number of hydrogen-bond donors (Lipinski definition) is 1. The molecule has 0 radical (unpaired) electrons. The Hall–Kier alpha value is -5.78. The van der Waals surface area contributed by atoms with Crippen molar-refractivity contribution in [1.29, 1.82) is 10.5 Å². The van der Waals surface area contributed by atoms with Crippen molar-refractivity contribution in [1.82, 2.24) is 4.98 Å². The minimum absolute atomic E-state index is 0.0525. The summed E-state index contributed by atoms with van der Waals surface area (Å²) in [6, 6.07) is 25.7. The maximum absolute atomic E-state index is 13.5. The van der Waals surface area contributed by atoms with Crippen LogP contribution in [-0.2, 0) is 14.3 Å². The summed E-state index contributed by atoms with van der Waals surface area (Å²) in [5.74, 6) is -1.90. The summed E-state index contributed by atoms with van der Waals surface area (Å²) in [6.45, 7) is 3.67. The second kappa shape index (κ2) is 13.5. The molecule has 1 aliphatic rings. The minimum atomic E-state index is -0.913. The summed E-state index contributed by atoms with van der Waals surface area (Å²) in [4.78, 5) is 56.6. The first-order chi connectivity index (χ1) is 22.1. The zero-order valence-corrected chi connectivity index (χ0v) is 25.7.